The molecule has 0 radical (unpaired) electrons. The number of methoxy groups -OCH3 is 1. The molecule has 10 rings (SSSR count). The number of nitrogens with two attached hydrogens (primary N) is 1. The van der Waals surface area contributed by atoms with Gasteiger partial charge in [-0.1, -0.05) is 6.07 Å². The van der Waals surface area contributed by atoms with Crippen molar-refractivity contribution in [1.82, 2.24) is 44.1 Å². The molecule has 4 fully saturated rings. The number of imidazole rings is 1. The minimum absolute atomic E-state index is 0.00263. The number of carbonyl (C=O) groups is 2. The molecule has 316 valence electrons. The molecular weight excluding hydrogens is 790 g/mol. The normalized spacial score (nSPS) is 22.6. The summed E-state index contributed by atoms with van der Waals surface area (Å²) in [7, 11) is 5.14. The Morgan fingerprint density at radius 1 is 1.03 bits per heavy atom. The van der Waals surface area contributed by atoms with Crippen LogP contribution < -0.4 is 15.5 Å². The van der Waals surface area contributed by atoms with Gasteiger partial charge in [-0.05, 0) is 75.3 Å². The molecule has 2 amide bonds. The predicted molar refractivity (Wildman–Crippen MR) is 221 cm³/mol. The first-order chi connectivity index (χ1) is 29.3. The number of pyridine rings is 1. The van der Waals surface area contributed by atoms with Gasteiger partial charge in [-0.3, -0.25) is 9.59 Å². The number of carbonyl (C=O) groups excluding carboxylic acids is 2. The molecule has 6 aromatic rings. The van der Waals surface area contributed by atoms with Crippen molar-refractivity contribution < 1.29 is 27.5 Å². The minimum Gasteiger partial charge on any atom is -0.384 e. The molecule has 4 aliphatic rings. The van der Waals surface area contributed by atoms with E-state index in [4.69, 9.17) is 20.4 Å². The number of ether oxygens (including phenoxy) is 1. The van der Waals surface area contributed by atoms with Gasteiger partial charge < -0.3 is 34.6 Å². The van der Waals surface area contributed by atoms with Gasteiger partial charge in [0.05, 0.1) is 41.0 Å². The number of rotatable bonds is 10. The number of aromatic nitrogens is 7. The Labute approximate surface area is 348 Å². The number of aryl methyl sites for hydroxylation is 1. The zero-order valence-corrected chi connectivity index (χ0v) is 34.2. The van der Waals surface area contributed by atoms with E-state index in [2.05, 4.69) is 20.0 Å². The van der Waals surface area contributed by atoms with E-state index in [1.807, 2.05) is 16.4 Å². The number of anilines is 3. The molecule has 15 nitrogen and oxygen atoms in total. The first kappa shape index (κ1) is 38.9. The fourth-order valence-electron chi connectivity index (χ4n) is 9.88. The molecule has 61 heavy (non-hydrogen) atoms. The number of amides is 2. The maximum absolute atomic E-state index is 15.4. The van der Waals surface area contributed by atoms with Crippen molar-refractivity contribution in [2.75, 3.05) is 56.4 Å². The standard InChI is InChI=1S/C43H45F3N12O3/c1-23-49-32-19-26(45)17-28(31-7-5-8-36(47)50-31)37(32)55(23)22-27(61-4)21-54(3)40(59)35-16-24-15-34(24)57(35)38-29-20-48-58(33-10-9-25(44)18-30(33)46)39(29)52-42(51-38)56-14-12-43(56)11-6-13-53(2)41(43)60/h5,7-10,17-20,24,27,34-35H,6,11-16,21-22H2,1-4H3,(H2,47,50)/t24-,27-,34?,35-,43?/m0/s1. The Morgan fingerprint density at radius 2 is 1.87 bits per heavy atom. The van der Waals surface area contributed by atoms with Crippen LogP contribution in [-0.4, -0.2) is 120 Å². The van der Waals surface area contributed by atoms with Crippen molar-refractivity contribution in [3.05, 3.63) is 78.0 Å². The summed E-state index contributed by atoms with van der Waals surface area (Å²) < 4.78 is 53.6. The Morgan fingerprint density at radius 3 is 2.62 bits per heavy atom. The molecule has 0 bridgehead atoms. The summed E-state index contributed by atoms with van der Waals surface area (Å²) in [6.07, 6.45) is 4.64. The molecule has 7 heterocycles. The molecule has 2 unspecified atom stereocenters. The number of nitrogen functional groups attached to an aromatic ring is 1. The molecule has 2 N–H and O–H groups in total. The lowest BCUT2D eigenvalue weighted by molar-refractivity contribution is -0.141. The Bertz CT molecular complexity index is 2760. The van der Waals surface area contributed by atoms with Crippen LogP contribution in [0.15, 0.2) is 54.7 Å². The number of halogens is 3. The predicted octanol–water partition coefficient (Wildman–Crippen LogP) is 4.88. The van der Waals surface area contributed by atoms with Crippen LogP contribution in [0.2, 0.25) is 0 Å². The summed E-state index contributed by atoms with van der Waals surface area (Å²) in [5.41, 5.74) is 7.66. The Hall–Kier alpha value is -6.30. The van der Waals surface area contributed by atoms with Crippen LogP contribution in [-0.2, 0) is 20.9 Å². The Kier molecular flexibility index (Phi) is 9.19. The van der Waals surface area contributed by atoms with Gasteiger partial charge in [0.2, 0.25) is 17.8 Å². The second-order valence-electron chi connectivity index (χ2n) is 16.8. The highest BCUT2D eigenvalue weighted by molar-refractivity contribution is 5.96. The number of hydrogen-bond donors (Lipinski definition) is 1. The molecule has 3 aliphatic heterocycles. The van der Waals surface area contributed by atoms with E-state index in [0.717, 1.165) is 25.0 Å². The summed E-state index contributed by atoms with van der Waals surface area (Å²) in [4.78, 5) is 55.1. The number of nitrogens with zero attached hydrogens (tertiary/aromatic N) is 11. The van der Waals surface area contributed by atoms with E-state index in [1.165, 1.54) is 22.9 Å². The SMILES string of the molecule is CO[C@@H](CN(C)C(=O)[C@@H]1C[C@@H]2CC2N1c1nc(N2CCC23CCCN(C)C3=O)nc2c1cnn2-c1ccc(F)cc1F)Cn1c(C)nc2cc(F)cc(-c3cccc(N)n3)c21. The van der Waals surface area contributed by atoms with E-state index < -0.39 is 35.1 Å². The molecule has 3 saturated heterocycles. The van der Waals surface area contributed by atoms with Gasteiger partial charge in [-0.25, -0.2) is 27.8 Å². The Balaban J connectivity index is 0.985. The van der Waals surface area contributed by atoms with E-state index >= 15 is 4.39 Å². The third-order valence-corrected chi connectivity index (χ3v) is 13.1. The average molecular weight is 835 g/mol. The summed E-state index contributed by atoms with van der Waals surface area (Å²) in [6, 6.07) is 10.7. The summed E-state index contributed by atoms with van der Waals surface area (Å²) >= 11 is 0. The smallest absolute Gasteiger partial charge is 0.248 e. The minimum atomic E-state index is -0.814. The van der Waals surface area contributed by atoms with Crippen LogP contribution in [0, 0.1) is 30.3 Å². The fourth-order valence-corrected chi connectivity index (χ4v) is 9.88. The molecule has 2 aromatic carbocycles. The maximum atomic E-state index is 15.4. The highest BCUT2D eigenvalue weighted by atomic mass is 19.1. The topological polar surface area (TPSA) is 157 Å². The lowest BCUT2D eigenvalue weighted by Gasteiger charge is -2.54. The molecule has 18 heteroatoms. The van der Waals surface area contributed by atoms with Crippen molar-refractivity contribution >= 4 is 51.5 Å². The third kappa shape index (κ3) is 6.32. The lowest BCUT2D eigenvalue weighted by Crippen LogP contribution is -2.70. The molecular formula is C43H45F3N12O3. The summed E-state index contributed by atoms with van der Waals surface area (Å²) in [5.74, 6) is -0.164. The van der Waals surface area contributed by atoms with Crippen LogP contribution in [0.25, 0.3) is 39.0 Å². The van der Waals surface area contributed by atoms with E-state index in [-0.39, 0.29) is 41.7 Å². The molecule has 1 saturated carbocycles. The van der Waals surface area contributed by atoms with Crippen molar-refractivity contribution in [1.29, 1.82) is 0 Å². The fraction of sp³-hybridized carbons (Fsp3) is 0.419. The average Bonchev–Trinajstić information content (AvgIpc) is 3.51. The van der Waals surface area contributed by atoms with Crippen LogP contribution in [0.4, 0.5) is 30.8 Å². The number of hydrogen-bond acceptors (Lipinski definition) is 11. The lowest BCUT2D eigenvalue weighted by atomic mass is 9.77. The number of likely N-dealkylation sites (N-methyl/N-ethyl adjacent to an activating group) is 2. The van der Waals surface area contributed by atoms with Gasteiger partial charge in [0.15, 0.2) is 11.5 Å². The second-order valence-corrected chi connectivity index (χ2v) is 16.8. The molecule has 5 atom stereocenters. The van der Waals surface area contributed by atoms with Gasteiger partial charge in [-0.2, -0.15) is 15.1 Å². The summed E-state index contributed by atoms with van der Waals surface area (Å²) in [6.45, 7) is 3.56. The quantitative estimate of drug-likeness (QED) is 0.201. The zero-order chi connectivity index (χ0) is 42.5. The van der Waals surface area contributed by atoms with Gasteiger partial charge in [-0.15, -0.1) is 0 Å². The van der Waals surface area contributed by atoms with Gasteiger partial charge in [0.1, 0.15) is 46.4 Å². The number of fused-ring (bicyclic) bond motifs is 3. The first-order valence-electron chi connectivity index (χ1n) is 20.5. The molecule has 4 aromatic heterocycles. The van der Waals surface area contributed by atoms with E-state index in [9.17, 15) is 18.4 Å². The summed E-state index contributed by atoms with van der Waals surface area (Å²) in [5, 5.41) is 5.04. The number of likely N-dealkylation sites (tertiary alicyclic amines) is 1. The van der Waals surface area contributed by atoms with Crippen LogP contribution >= 0.6 is 0 Å². The zero-order valence-electron chi connectivity index (χ0n) is 34.2. The maximum Gasteiger partial charge on any atom is 0.248 e. The van der Waals surface area contributed by atoms with Crippen molar-refractivity contribution in [3.63, 3.8) is 0 Å². The van der Waals surface area contributed by atoms with Gasteiger partial charge >= 0.3 is 0 Å². The first-order valence-corrected chi connectivity index (χ1v) is 20.5. The second kappa shape index (κ2) is 14.4. The largest absolute Gasteiger partial charge is 0.384 e. The van der Waals surface area contributed by atoms with Crippen molar-refractivity contribution in [2.24, 2.45) is 5.92 Å². The highest BCUT2D eigenvalue weighted by Crippen LogP contribution is 2.52. The van der Waals surface area contributed by atoms with Crippen molar-refractivity contribution in [3.8, 4) is 16.9 Å². The van der Waals surface area contributed by atoms with E-state index in [1.54, 1.807) is 55.4 Å². The van der Waals surface area contributed by atoms with Crippen molar-refractivity contribution in [2.45, 2.75) is 69.3 Å². The van der Waals surface area contributed by atoms with Crippen LogP contribution in [0.3, 0.4) is 0 Å². The highest BCUT2D eigenvalue weighted by Gasteiger charge is 2.57. The van der Waals surface area contributed by atoms with Crippen LogP contribution in [0.1, 0.15) is 37.9 Å². The molecule has 1 spiro atoms. The monoisotopic (exact) mass is 834 g/mol. The van der Waals surface area contributed by atoms with Gasteiger partial charge in [0.25, 0.3) is 0 Å². The number of benzene rings is 2. The van der Waals surface area contributed by atoms with Gasteiger partial charge in [0, 0.05) is 64.6 Å². The van der Waals surface area contributed by atoms with E-state index in [0.29, 0.717) is 90.0 Å². The number of piperidine rings is 2. The molecule has 1 aliphatic carbocycles. The van der Waals surface area contributed by atoms with Crippen LogP contribution in [0.5, 0.6) is 0 Å². The third-order valence-electron chi connectivity index (χ3n) is 13.1.